The molecule has 0 amide bonds. The second-order valence-corrected chi connectivity index (χ2v) is 9.58. The van der Waals surface area contributed by atoms with Crippen LogP contribution in [0.2, 0.25) is 0 Å². The lowest BCUT2D eigenvalue weighted by molar-refractivity contribution is 0.306. The largest absolute Gasteiger partial charge is 0.491 e. The maximum absolute atomic E-state index is 5.89. The SMILES string of the molecule is CCCCCCCCCCCCCCCCCCOc1ccc(N)cc1N.Nc1ccccc1N. The van der Waals surface area contributed by atoms with Crippen LogP contribution in [0.1, 0.15) is 110 Å². The molecule has 0 bridgehead atoms. The van der Waals surface area contributed by atoms with Gasteiger partial charge in [-0.2, -0.15) is 0 Å². The predicted molar refractivity (Wildman–Crippen MR) is 156 cm³/mol. The third-order valence-corrected chi connectivity index (χ3v) is 6.29. The van der Waals surface area contributed by atoms with E-state index in [4.69, 9.17) is 27.7 Å². The van der Waals surface area contributed by atoms with Crippen LogP contribution < -0.4 is 27.7 Å². The number of hydrogen-bond acceptors (Lipinski definition) is 5. The summed E-state index contributed by atoms with van der Waals surface area (Å²) < 4.78 is 5.73. The molecule has 198 valence electrons. The van der Waals surface area contributed by atoms with Crippen LogP contribution in [0.15, 0.2) is 42.5 Å². The maximum atomic E-state index is 5.89. The molecule has 0 unspecified atom stereocenters. The summed E-state index contributed by atoms with van der Waals surface area (Å²) in [6.07, 6.45) is 22.2. The number of unbranched alkanes of at least 4 members (excludes halogenated alkanes) is 15. The van der Waals surface area contributed by atoms with Gasteiger partial charge in [-0.1, -0.05) is 115 Å². The summed E-state index contributed by atoms with van der Waals surface area (Å²) in [4.78, 5) is 0. The van der Waals surface area contributed by atoms with Crippen molar-refractivity contribution in [3.63, 3.8) is 0 Å². The van der Waals surface area contributed by atoms with Gasteiger partial charge in [-0.15, -0.1) is 0 Å². The van der Waals surface area contributed by atoms with Gasteiger partial charge in [0.15, 0.2) is 0 Å². The topological polar surface area (TPSA) is 113 Å². The van der Waals surface area contributed by atoms with Crippen LogP contribution in [0, 0.1) is 0 Å². The fourth-order valence-corrected chi connectivity index (χ4v) is 4.04. The molecule has 2 aromatic carbocycles. The van der Waals surface area contributed by atoms with Crippen LogP contribution in [0.25, 0.3) is 0 Å². The van der Waals surface area contributed by atoms with E-state index in [1.165, 1.54) is 96.3 Å². The lowest BCUT2D eigenvalue weighted by Crippen LogP contribution is -2.01. The molecule has 0 heterocycles. The van der Waals surface area contributed by atoms with Gasteiger partial charge in [-0.05, 0) is 36.8 Å². The van der Waals surface area contributed by atoms with E-state index in [0.717, 1.165) is 18.8 Å². The zero-order valence-electron chi connectivity index (χ0n) is 22.3. The van der Waals surface area contributed by atoms with Crippen LogP contribution in [0.4, 0.5) is 22.7 Å². The summed E-state index contributed by atoms with van der Waals surface area (Å²) in [5.41, 5.74) is 25.0. The van der Waals surface area contributed by atoms with E-state index >= 15 is 0 Å². The van der Waals surface area contributed by atoms with Crippen molar-refractivity contribution in [1.29, 1.82) is 0 Å². The Hall–Kier alpha value is -2.56. The second-order valence-electron chi connectivity index (χ2n) is 9.58. The highest BCUT2D eigenvalue weighted by atomic mass is 16.5. The van der Waals surface area contributed by atoms with Gasteiger partial charge in [-0.3, -0.25) is 0 Å². The highest BCUT2D eigenvalue weighted by molar-refractivity contribution is 5.62. The van der Waals surface area contributed by atoms with Crippen molar-refractivity contribution in [3.8, 4) is 5.75 Å². The van der Waals surface area contributed by atoms with Crippen LogP contribution in [0.5, 0.6) is 5.75 Å². The summed E-state index contributed by atoms with van der Waals surface area (Å²) in [5, 5.41) is 0. The van der Waals surface area contributed by atoms with Crippen molar-refractivity contribution in [2.24, 2.45) is 0 Å². The molecule has 0 aliphatic heterocycles. The van der Waals surface area contributed by atoms with Gasteiger partial charge in [0.25, 0.3) is 0 Å². The van der Waals surface area contributed by atoms with Gasteiger partial charge in [0.2, 0.25) is 0 Å². The van der Waals surface area contributed by atoms with Crippen molar-refractivity contribution in [1.82, 2.24) is 0 Å². The first-order valence-corrected chi connectivity index (χ1v) is 13.9. The van der Waals surface area contributed by atoms with Crippen LogP contribution in [-0.4, -0.2) is 6.61 Å². The third-order valence-electron chi connectivity index (χ3n) is 6.29. The van der Waals surface area contributed by atoms with Gasteiger partial charge in [-0.25, -0.2) is 0 Å². The van der Waals surface area contributed by atoms with E-state index in [-0.39, 0.29) is 0 Å². The Bertz CT molecular complexity index is 745. The van der Waals surface area contributed by atoms with Crippen LogP contribution in [-0.2, 0) is 0 Å². The Balaban J connectivity index is 0.000000642. The number of anilines is 4. The molecule has 35 heavy (non-hydrogen) atoms. The van der Waals surface area contributed by atoms with Gasteiger partial charge in [0.05, 0.1) is 23.7 Å². The van der Waals surface area contributed by atoms with Gasteiger partial charge >= 0.3 is 0 Å². The molecule has 0 aliphatic rings. The minimum absolute atomic E-state index is 0.631. The summed E-state index contributed by atoms with van der Waals surface area (Å²) in [6.45, 7) is 3.03. The standard InChI is InChI=1S/C24H44N2O.C6H8N2/c1-2-3-4-5-6-7-8-9-10-11-12-13-14-15-16-17-20-27-24-19-18-22(25)21-23(24)26;7-5-3-1-2-4-6(5)8/h18-19,21H,2-17,20,25-26H2,1H3;1-4H,7-8H2. The second kappa shape index (κ2) is 20.8. The number of benzene rings is 2. The van der Waals surface area contributed by atoms with E-state index in [1.54, 1.807) is 18.2 Å². The van der Waals surface area contributed by atoms with E-state index < -0.39 is 0 Å². The molecule has 0 spiro atoms. The molecule has 0 saturated heterocycles. The first-order valence-electron chi connectivity index (χ1n) is 13.9. The Labute approximate surface area is 215 Å². The van der Waals surface area contributed by atoms with Crippen molar-refractivity contribution < 1.29 is 4.74 Å². The van der Waals surface area contributed by atoms with Crippen LogP contribution >= 0.6 is 0 Å². The van der Waals surface area contributed by atoms with Crippen LogP contribution in [0.3, 0.4) is 0 Å². The maximum Gasteiger partial charge on any atom is 0.142 e. The summed E-state index contributed by atoms with van der Waals surface area (Å²) >= 11 is 0. The molecule has 0 aromatic heterocycles. The number of ether oxygens (including phenoxy) is 1. The Kier molecular flexibility index (Phi) is 18.1. The molecular formula is C30H52N4O. The molecule has 0 aliphatic carbocycles. The summed E-state index contributed by atoms with van der Waals surface area (Å²) in [6, 6.07) is 12.7. The number of rotatable bonds is 18. The molecular weight excluding hydrogens is 432 g/mol. The lowest BCUT2D eigenvalue weighted by Gasteiger charge is -2.09. The highest BCUT2D eigenvalue weighted by Gasteiger charge is 2.00. The highest BCUT2D eigenvalue weighted by Crippen LogP contribution is 2.23. The molecule has 2 rings (SSSR count). The minimum Gasteiger partial charge on any atom is -0.491 e. The number of nitrogen functional groups attached to an aromatic ring is 4. The number of nitrogens with two attached hydrogens (primary N) is 4. The van der Waals surface area contributed by atoms with E-state index in [0.29, 0.717) is 22.7 Å². The Morgan fingerprint density at radius 1 is 0.514 bits per heavy atom. The Morgan fingerprint density at radius 2 is 0.943 bits per heavy atom. The van der Waals surface area contributed by atoms with Crippen molar-refractivity contribution in [2.75, 3.05) is 29.5 Å². The smallest absolute Gasteiger partial charge is 0.142 e. The van der Waals surface area contributed by atoms with Crippen molar-refractivity contribution in [3.05, 3.63) is 42.5 Å². The number of para-hydroxylation sites is 2. The zero-order valence-corrected chi connectivity index (χ0v) is 22.3. The normalized spacial score (nSPS) is 10.5. The fraction of sp³-hybridized carbons (Fsp3) is 0.600. The fourth-order valence-electron chi connectivity index (χ4n) is 4.04. The monoisotopic (exact) mass is 484 g/mol. The molecule has 8 N–H and O–H groups in total. The van der Waals surface area contributed by atoms with Crippen molar-refractivity contribution in [2.45, 2.75) is 110 Å². The van der Waals surface area contributed by atoms with Crippen molar-refractivity contribution >= 4 is 22.7 Å². The summed E-state index contributed by atoms with van der Waals surface area (Å²) in [7, 11) is 0. The molecule has 0 fully saturated rings. The first-order chi connectivity index (χ1) is 17.0. The minimum atomic E-state index is 0.631. The third kappa shape index (κ3) is 16.7. The quantitative estimate of drug-likeness (QED) is 0.125. The molecule has 0 radical (unpaired) electrons. The lowest BCUT2D eigenvalue weighted by atomic mass is 10.0. The molecule has 5 heteroatoms. The first kappa shape index (κ1) is 30.5. The average molecular weight is 485 g/mol. The van der Waals surface area contributed by atoms with E-state index in [2.05, 4.69) is 6.92 Å². The van der Waals surface area contributed by atoms with Gasteiger partial charge < -0.3 is 27.7 Å². The average Bonchev–Trinajstić information content (AvgIpc) is 2.84. The van der Waals surface area contributed by atoms with E-state index in [9.17, 15) is 0 Å². The number of hydrogen-bond donors (Lipinski definition) is 4. The zero-order chi connectivity index (χ0) is 25.6. The molecule has 0 saturated carbocycles. The predicted octanol–water partition coefficient (Wildman–Crippen LogP) is 8.34. The Morgan fingerprint density at radius 3 is 1.34 bits per heavy atom. The molecule has 0 atom stereocenters. The van der Waals surface area contributed by atoms with E-state index in [1.807, 2.05) is 24.3 Å². The molecule has 2 aromatic rings. The van der Waals surface area contributed by atoms with Gasteiger partial charge in [0.1, 0.15) is 5.75 Å². The molecule has 5 nitrogen and oxygen atoms in total. The van der Waals surface area contributed by atoms with Gasteiger partial charge in [0, 0.05) is 5.69 Å². The summed E-state index contributed by atoms with van der Waals surface area (Å²) in [5.74, 6) is 0.755.